The van der Waals surface area contributed by atoms with Crippen LogP contribution in [-0.2, 0) is 63.3 Å². The molecule has 316 valence electrons. The second-order valence-corrected chi connectivity index (χ2v) is 12.2. The molecule has 0 heterocycles. The van der Waals surface area contributed by atoms with Gasteiger partial charge in [-0.15, -0.1) is 0 Å². The Balaban J connectivity index is 1.68. The highest BCUT2D eigenvalue weighted by atomic mass is 16.6. The lowest BCUT2D eigenvalue weighted by atomic mass is 10.0. The molecule has 0 aliphatic carbocycles. The molecular formula is C40H72O14. The van der Waals surface area contributed by atoms with E-state index in [0.29, 0.717) is 145 Å². The van der Waals surface area contributed by atoms with Gasteiger partial charge in [0.25, 0.3) is 0 Å². The number of rotatable bonds is 45. The summed E-state index contributed by atoms with van der Waals surface area (Å²) in [6.07, 6.45) is 10.5. The van der Waals surface area contributed by atoms with Gasteiger partial charge in [0.1, 0.15) is 12.4 Å². The van der Waals surface area contributed by atoms with Gasteiger partial charge in [0.2, 0.25) is 0 Å². The number of aryl methyl sites for hydroxylation is 1. The lowest BCUT2D eigenvalue weighted by molar-refractivity contribution is -0.138. The average Bonchev–Trinajstić information content (AvgIpc) is 3.17. The molecule has 0 aliphatic rings. The Hall–Kier alpha value is -1.95. The molecule has 0 aromatic heterocycles. The molecule has 14 heteroatoms. The van der Waals surface area contributed by atoms with Gasteiger partial charge in [0.15, 0.2) is 0 Å². The van der Waals surface area contributed by atoms with Crippen LogP contribution in [-0.4, -0.2) is 163 Å². The summed E-state index contributed by atoms with van der Waals surface area (Å²) >= 11 is 0. The van der Waals surface area contributed by atoms with E-state index in [-0.39, 0.29) is 13.0 Å². The Morgan fingerprint density at radius 3 is 1.04 bits per heavy atom. The van der Waals surface area contributed by atoms with Gasteiger partial charge < -0.3 is 61.9 Å². The van der Waals surface area contributed by atoms with E-state index in [1.54, 1.807) is 0 Å². The topological polar surface area (TPSA) is 148 Å². The van der Waals surface area contributed by atoms with Crippen molar-refractivity contribution in [2.75, 3.05) is 152 Å². The van der Waals surface area contributed by atoms with Gasteiger partial charge in [-0.25, -0.2) is 0 Å². The first-order valence-corrected chi connectivity index (χ1v) is 20.0. The number of benzene rings is 1. The van der Waals surface area contributed by atoms with Crippen molar-refractivity contribution in [1.29, 1.82) is 0 Å². The lowest BCUT2D eigenvalue weighted by Crippen LogP contribution is -2.15. The van der Waals surface area contributed by atoms with Crippen LogP contribution in [0.4, 0.5) is 0 Å². The first-order chi connectivity index (χ1) is 26.7. The number of carbonyl (C=O) groups is 1. The van der Waals surface area contributed by atoms with E-state index >= 15 is 0 Å². The molecule has 1 N–H and O–H groups in total. The summed E-state index contributed by atoms with van der Waals surface area (Å²) in [6, 6.07) is 8.44. The van der Waals surface area contributed by atoms with Crippen molar-refractivity contribution < 1.29 is 66.7 Å². The standard InChI is InChI=1S/C40H72O14/c1-2-3-4-5-6-7-8-9-38-10-12-39(13-11-38)54-37-36-53-35-34-52-33-32-51-31-30-50-29-28-49-27-26-48-25-24-47-23-22-46-21-20-45-19-18-44-17-16-43-15-14-40(41)42/h10-13H,2-9,14-37H2,1H3,(H,41,42). The maximum atomic E-state index is 10.4. The van der Waals surface area contributed by atoms with Crippen LogP contribution >= 0.6 is 0 Å². The highest BCUT2D eigenvalue weighted by Gasteiger charge is 2.00. The summed E-state index contributed by atoms with van der Waals surface area (Å²) in [4.78, 5) is 10.4. The Morgan fingerprint density at radius 2 is 0.704 bits per heavy atom. The van der Waals surface area contributed by atoms with Gasteiger partial charge in [-0.3, -0.25) is 4.79 Å². The Labute approximate surface area is 324 Å². The first-order valence-electron chi connectivity index (χ1n) is 20.0. The van der Waals surface area contributed by atoms with Crippen LogP contribution in [0.3, 0.4) is 0 Å². The monoisotopic (exact) mass is 776 g/mol. The third-order valence-corrected chi connectivity index (χ3v) is 7.67. The summed E-state index contributed by atoms with van der Waals surface area (Å²) in [7, 11) is 0. The number of carboxylic acid groups (broad SMARTS) is 1. The molecular weight excluding hydrogens is 704 g/mol. The van der Waals surface area contributed by atoms with E-state index in [1.165, 1.54) is 50.5 Å². The molecule has 0 radical (unpaired) electrons. The van der Waals surface area contributed by atoms with E-state index < -0.39 is 5.97 Å². The number of aliphatic carboxylic acids is 1. The predicted molar refractivity (Wildman–Crippen MR) is 205 cm³/mol. The maximum Gasteiger partial charge on any atom is 0.305 e. The van der Waals surface area contributed by atoms with E-state index in [9.17, 15) is 4.79 Å². The van der Waals surface area contributed by atoms with Gasteiger partial charge in [0, 0.05) is 0 Å². The van der Waals surface area contributed by atoms with E-state index in [4.69, 9.17) is 61.9 Å². The van der Waals surface area contributed by atoms with E-state index in [2.05, 4.69) is 31.2 Å². The molecule has 0 saturated heterocycles. The van der Waals surface area contributed by atoms with Crippen LogP contribution in [0.1, 0.15) is 63.9 Å². The maximum absolute atomic E-state index is 10.4. The van der Waals surface area contributed by atoms with Crippen LogP contribution in [0.25, 0.3) is 0 Å². The van der Waals surface area contributed by atoms with Crippen molar-refractivity contribution in [2.24, 2.45) is 0 Å². The fraction of sp³-hybridized carbons (Fsp3) is 0.825. The number of hydrogen-bond donors (Lipinski definition) is 1. The zero-order valence-corrected chi connectivity index (χ0v) is 33.2. The molecule has 0 saturated carbocycles. The summed E-state index contributed by atoms with van der Waals surface area (Å²) < 4.78 is 65.7. The lowest BCUT2D eigenvalue weighted by Gasteiger charge is -2.09. The zero-order chi connectivity index (χ0) is 38.7. The molecule has 14 nitrogen and oxygen atoms in total. The molecule has 0 fully saturated rings. The average molecular weight is 777 g/mol. The van der Waals surface area contributed by atoms with Crippen LogP contribution in [0.15, 0.2) is 24.3 Å². The number of ether oxygens (including phenoxy) is 12. The highest BCUT2D eigenvalue weighted by molar-refractivity contribution is 5.66. The van der Waals surface area contributed by atoms with Crippen LogP contribution in [0, 0.1) is 0 Å². The fourth-order valence-electron chi connectivity index (χ4n) is 4.72. The molecule has 0 unspecified atom stereocenters. The number of unbranched alkanes of at least 4 members (excludes halogenated alkanes) is 6. The molecule has 1 rings (SSSR count). The molecule has 0 atom stereocenters. The largest absolute Gasteiger partial charge is 0.491 e. The molecule has 0 amide bonds. The quantitative estimate of drug-likeness (QED) is 0.0885. The molecule has 0 spiro atoms. The second kappa shape index (κ2) is 42.2. The van der Waals surface area contributed by atoms with Crippen LogP contribution < -0.4 is 4.74 Å². The SMILES string of the molecule is CCCCCCCCCc1ccc(OCCOCCOCCOCCOCCOCCOCCOCCOCCOCCOCCOCCC(=O)O)cc1. The van der Waals surface area contributed by atoms with Crippen molar-refractivity contribution in [1.82, 2.24) is 0 Å². The van der Waals surface area contributed by atoms with Gasteiger partial charge in [0.05, 0.1) is 152 Å². The van der Waals surface area contributed by atoms with E-state index in [1.807, 2.05) is 0 Å². The molecule has 1 aromatic rings. The zero-order valence-electron chi connectivity index (χ0n) is 33.2. The third-order valence-electron chi connectivity index (χ3n) is 7.67. The molecule has 0 bridgehead atoms. The Bertz CT molecular complexity index is 892. The minimum atomic E-state index is -0.873. The van der Waals surface area contributed by atoms with Crippen LogP contribution in [0.5, 0.6) is 5.75 Å². The van der Waals surface area contributed by atoms with Crippen molar-refractivity contribution in [2.45, 2.75) is 64.7 Å². The van der Waals surface area contributed by atoms with Crippen molar-refractivity contribution in [3.05, 3.63) is 29.8 Å². The van der Waals surface area contributed by atoms with Crippen molar-refractivity contribution >= 4 is 5.97 Å². The third kappa shape index (κ3) is 38.3. The van der Waals surface area contributed by atoms with E-state index in [0.717, 1.165) is 12.2 Å². The van der Waals surface area contributed by atoms with Gasteiger partial charge in [-0.1, -0.05) is 57.6 Å². The fourth-order valence-corrected chi connectivity index (χ4v) is 4.72. The summed E-state index contributed by atoms with van der Waals surface area (Å²) in [6.45, 7) is 13.1. The predicted octanol–water partition coefficient (Wildman–Crippen LogP) is 5.02. The van der Waals surface area contributed by atoms with Crippen LogP contribution in [0.2, 0.25) is 0 Å². The normalized spacial score (nSPS) is 11.4. The Kier molecular flexibility index (Phi) is 39.1. The highest BCUT2D eigenvalue weighted by Crippen LogP contribution is 2.15. The van der Waals surface area contributed by atoms with Crippen molar-refractivity contribution in [3.8, 4) is 5.75 Å². The van der Waals surface area contributed by atoms with Crippen molar-refractivity contribution in [3.63, 3.8) is 0 Å². The molecule has 0 aliphatic heterocycles. The first kappa shape index (κ1) is 50.1. The van der Waals surface area contributed by atoms with Gasteiger partial charge in [-0.05, 0) is 30.5 Å². The minimum absolute atomic E-state index is 0.00233. The molecule has 1 aromatic carbocycles. The summed E-state index contributed by atoms with van der Waals surface area (Å²) in [5.74, 6) is 0.00814. The minimum Gasteiger partial charge on any atom is -0.491 e. The number of hydrogen-bond acceptors (Lipinski definition) is 13. The van der Waals surface area contributed by atoms with Gasteiger partial charge in [-0.2, -0.15) is 0 Å². The summed E-state index contributed by atoms with van der Waals surface area (Å²) in [5, 5.41) is 8.50. The second-order valence-electron chi connectivity index (χ2n) is 12.2. The Morgan fingerprint density at radius 1 is 0.407 bits per heavy atom. The van der Waals surface area contributed by atoms with Gasteiger partial charge >= 0.3 is 5.97 Å². The summed E-state index contributed by atoms with van der Waals surface area (Å²) in [5.41, 5.74) is 1.38. The molecule has 54 heavy (non-hydrogen) atoms. The number of carboxylic acids is 1. The smallest absolute Gasteiger partial charge is 0.305 e.